The Balaban J connectivity index is 1.31. The van der Waals surface area contributed by atoms with E-state index >= 15 is 0 Å². The van der Waals surface area contributed by atoms with Crippen LogP contribution in [0.4, 0.5) is 0 Å². The fraction of sp³-hybridized carbons (Fsp3) is 0.571. The Morgan fingerprint density at radius 2 is 1.71 bits per heavy atom. The van der Waals surface area contributed by atoms with Crippen LogP contribution in [0.2, 0.25) is 0 Å². The topological polar surface area (TPSA) is 77.4 Å². The molecule has 1 aromatic rings. The van der Waals surface area contributed by atoms with Crippen LogP contribution in [0.25, 0.3) is 0 Å². The first-order valence-electron chi connectivity index (χ1n) is 10.1. The largest absolute Gasteiger partial charge is 0.494 e. The van der Waals surface area contributed by atoms with Crippen molar-refractivity contribution >= 4 is 17.7 Å². The number of piperidine rings is 1. The second-order valence-corrected chi connectivity index (χ2v) is 7.53. The van der Waals surface area contributed by atoms with E-state index in [4.69, 9.17) is 14.2 Å². The normalized spacial score (nSPS) is 21.9. The Labute approximate surface area is 164 Å². The van der Waals surface area contributed by atoms with Crippen LogP contribution < -0.4 is 4.74 Å². The van der Waals surface area contributed by atoms with Crippen LogP contribution in [0.1, 0.15) is 50.5 Å². The van der Waals surface area contributed by atoms with Gasteiger partial charge in [-0.05, 0) is 75.0 Å². The lowest BCUT2D eigenvalue weighted by atomic mass is 10.00. The number of nitrogens with zero attached hydrogens (tertiary/aromatic N) is 2. The molecule has 150 valence electrons. The van der Waals surface area contributed by atoms with Gasteiger partial charge >= 0.3 is 17.8 Å². The Kier molecular flexibility index (Phi) is 5.62. The minimum Gasteiger partial charge on any atom is -0.494 e. The third kappa shape index (κ3) is 4.35. The molecule has 0 aliphatic carbocycles. The van der Waals surface area contributed by atoms with Gasteiger partial charge in [0.1, 0.15) is 5.75 Å². The summed E-state index contributed by atoms with van der Waals surface area (Å²) in [6, 6.07) is 7.73. The third-order valence-electron chi connectivity index (χ3n) is 5.41. The maximum absolute atomic E-state index is 11.4. The molecule has 28 heavy (non-hydrogen) atoms. The SMILES string of the molecule is O=C1OC2(CCCC(c3ccc(OCCCN4CCCCC4)cc3)=N2)OC1=O. The molecule has 0 atom stereocenters. The van der Waals surface area contributed by atoms with Crippen molar-refractivity contribution in [2.75, 3.05) is 26.2 Å². The molecule has 0 aromatic heterocycles. The highest BCUT2D eigenvalue weighted by Crippen LogP contribution is 2.34. The molecule has 2 saturated heterocycles. The van der Waals surface area contributed by atoms with Gasteiger partial charge < -0.3 is 19.1 Å². The Hall–Kier alpha value is -2.41. The molecule has 1 aromatic carbocycles. The molecule has 0 saturated carbocycles. The van der Waals surface area contributed by atoms with E-state index in [1.165, 1.54) is 32.4 Å². The highest BCUT2D eigenvalue weighted by molar-refractivity contribution is 6.31. The molecule has 3 aliphatic heterocycles. The average Bonchev–Trinajstić information content (AvgIpc) is 2.99. The van der Waals surface area contributed by atoms with E-state index in [-0.39, 0.29) is 0 Å². The van der Waals surface area contributed by atoms with Crippen molar-refractivity contribution in [1.82, 2.24) is 4.90 Å². The lowest BCUT2D eigenvalue weighted by Gasteiger charge is -2.26. The summed E-state index contributed by atoms with van der Waals surface area (Å²) in [5, 5.41) is 0. The molecule has 0 unspecified atom stereocenters. The summed E-state index contributed by atoms with van der Waals surface area (Å²) in [6.45, 7) is 4.21. The second kappa shape index (κ2) is 8.31. The van der Waals surface area contributed by atoms with Gasteiger partial charge in [-0.1, -0.05) is 6.42 Å². The number of carbonyl (C=O) groups is 2. The Morgan fingerprint density at radius 1 is 1.00 bits per heavy atom. The number of rotatable bonds is 6. The predicted octanol–water partition coefficient (Wildman–Crippen LogP) is 2.67. The maximum Gasteiger partial charge on any atom is 0.422 e. The van der Waals surface area contributed by atoms with Crippen molar-refractivity contribution in [2.45, 2.75) is 50.9 Å². The summed E-state index contributed by atoms with van der Waals surface area (Å²) in [7, 11) is 0. The zero-order valence-corrected chi connectivity index (χ0v) is 16.0. The lowest BCUT2D eigenvalue weighted by molar-refractivity contribution is -0.178. The third-order valence-corrected chi connectivity index (χ3v) is 5.41. The minimum atomic E-state index is -1.47. The van der Waals surface area contributed by atoms with Gasteiger partial charge in [0.2, 0.25) is 0 Å². The molecular weight excluding hydrogens is 360 g/mol. The number of likely N-dealkylation sites (tertiary alicyclic amines) is 1. The van der Waals surface area contributed by atoms with Gasteiger partial charge in [0.15, 0.2) is 0 Å². The smallest absolute Gasteiger partial charge is 0.422 e. The summed E-state index contributed by atoms with van der Waals surface area (Å²) in [5.41, 5.74) is 1.68. The maximum atomic E-state index is 11.4. The summed E-state index contributed by atoms with van der Waals surface area (Å²) >= 11 is 0. The van der Waals surface area contributed by atoms with Gasteiger partial charge in [-0.25, -0.2) is 14.6 Å². The zero-order chi connectivity index (χ0) is 19.4. The van der Waals surface area contributed by atoms with Crippen molar-refractivity contribution in [3.8, 4) is 5.75 Å². The monoisotopic (exact) mass is 386 g/mol. The standard InChI is InChI=1S/C21H26N2O5/c24-19-20(25)28-21(27-19)11-4-6-18(22-21)16-7-9-17(10-8-16)26-15-5-14-23-12-2-1-3-13-23/h7-10H,1-6,11-15H2. The van der Waals surface area contributed by atoms with Crippen molar-refractivity contribution in [2.24, 2.45) is 4.99 Å². The van der Waals surface area contributed by atoms with E-state index in [0.717, 1.165) is 42.8 Å². The van der Waals surface area contributed by atoms with Crippen molar-refractivity contribution in [1.29, 1.82) is 0 Å². The average molecular weight is 386 g/mol. The molecule has 3 aliphatic rings. The van der Waals surface area contributed by atoms with Crippen LogP contribution in [0.5, 0.6) is 5.75 Å². The number of benzene rings is 1. The second-order valence-electron chi connectivity index (χ2n) is 7.53. The van der Waals surface area contributed by atoms with Gasteiger partial charge in [-0.3, -0.25) is 0 Å². The number of hydrogen-bond donors (Lipinski definition) is 0. The summed E-state index contributed by atoms with van der Waals surface area (Å²) in [5.74, 6) is -2.59. The van der Waals surface area contributed by atoms with Crippen LogP contribution in [-0.4, -0.2) is 54.7 Å². The first-order chi connectivity index (χ1) is 13.6. The molecule has 0 N–H and O–H groups in total. The number of hydrogen-bond acceptors (Lipinski definition) is 7. The predicted molar refractivity (Wildman–Crippen MR) is 102 cm³/mol. The molecule has 4 rings (SSSR count). The quantitative estimate of drug-likeness (QED) is 0.425. The molecular formula is C21H26N2O5. The van der Waals surface area contributed by atoms with Gasteiger partial charge in [0, 0.05) is 13.0 Å². The molecule has 7 heteroatoms. The Morgan fingerprint density at radius 3 is 2.43 bits per heavy atom. The summed E-state index contributed by atoms with van der Waals surface area (Å²) < 4.78 is 16.0. The lowest BCUT2D eigenvalue weighted by Crippen LogP contribution is -2.33. The summed E-state index contributed by atoms with van der Waals surface area (Å²) in [4.78, 5) is 29.7. The van der Waals surface area contributed by atoms with Crippen LogP contribution in [0.15, 0.2) is 29.3 Å². The number of ether oxygens (including phenoxy) is 3. The van der Waals surface area contributed by atoms with E-state index in [2.05, 4.69) is 9.89 Å². The fourth-order valence-electron chi connectivity index (χ4n) is 3.95. The van der Waals surface area contributed by atoms with E-state index in [1.54, 1.807) is 0 Å². The number of esters is 2. The number of aliphatic imine (C=N–C) groups is 1. The van der Waals surface area contributed by atoms with Crippen LogP contribution in [0.3, 0.4) is 0 Å². The first kappa shape index (κ1) is 18.9. The van der Waals surface area contributed by atoms with E-state index in [9.17, 15) is 9.59 Å². The van der Waals surface area contributed by atoms with Gasteiger partial charge in [0.05, 0.1) is 12.3 Å². The Bertz CT molecular complexity index is 737. The molecule has 1 spiro atoms. The molecule has 0 radical (unpaired) electrons. The van der Waals surface area contributed by atoms with Gasteiger partial charge in [0.25, 0.3) is 0 Å². The van der Waals surface area contributed by atoms with E-state index < -0.39 is 17.8 Å². The molecule has 7 nitrogen and oxygen atoms in total. The molecule has 0 bridgehead atoms. The zero-order valence-electron chi connectivity index (χ0n) is 16.0. The van der Waals surface area contributed by atoms with E-state index in [0.29, 0.717) is 13.0 Å². The molecule has 2 fully saturated rings. The minimum absolute atomic E-state index is 0.395. The summed E-state index contributed by atoms with van der Waals surface area (Å²) in [6.07, 6.45) is 6.87. The van der Waals surface area contributed by atoms with Gasteiger partial charge in [-0.2, -0.15) is 0 Å². The van der Waals surface area contributed by atoms with Gasteiger partial charge in [-0.15, -0.1) is 0 Å². The highest BCUT2D eigenvalue weighted by Gasteiger charge is 2.50. The van der Waals surface area contributed by atoms with Crippen molar-refractivity contribution in [3.05, 3.63) is 29.8 Å². The van der Waals surface area contributed by atoms with E-state index in [1.807, 2.05) is 24.3 Å². The van der Waals surface area contributed by atoms with Crippen LogP contribution in [0, 0.1) is 0 Å². The first-order valence-corrected chi connectivity index (χ1v) is 10.1. The van der Waals surface area contributed by atoms with Crippen LogP contribution >= 0.6 is 0 Å². The van der Waals surface area contributed by atoms with Crippen molar-refractivity contribution < 1.29 is 23.8 Å². The molecule has 3 heterocycles. The highest BCUT2D eigenvalue weighted by atomic mass is 16.8. The number of carbonyl (C=O) groups excluding carboxylic acids is 2. The molecule has 0 amide bonds. The fourth-order valence-corrected chi connectivity index (χ4v) is 3.95. The van der Waals surface area contributed by atoms with Crippen molar-refractivity contribution in [3.63, 3.8) is 0 Å². The van der Waals surface area contributed by atoms with Crippen LogP contribution in [-0.2, 0) is 19.1 Å².